The number of carbonyl (C=O) groups is 2. The highest BCUT2D eigenvalue weighted by Gasteiger charge is 2.40. The SMILES string of the molecule is CC(C)C[C@H](NC(=O)OC(C)(C)C)[C@H](O)[C@@H](C)C(=O)N1C(=S)SC[C@@H]1Cc1ccccc1. The van der Waals surface area contributed by atoms with Crippen LogP contribution in [-0.4, -0.2) is 55.9 Å². The van der Waals surface area contributed by atoms with Gasteiger partial charge in [0, 0.05) is 5.75 Å². The van der Waals surface area contributed by atoms with Crippen LogP contribution in [0.3, 0.4) is 0 Å². The Labute approximate surface area is 201 Å². The number of ether oxygens (including phenoxy) is 1. The number of aliphatic hydroxyl groups is 1. The van der Waals surface area contributed by atoms with Crippen molar-refractivity contribution in [3.63, 3.8) is 0 Å². The molecule has 4 atom stereocenters. The first-order valence-electron chi connectivity index (χ1n) is 11.1. The number of benzene rings is 1. The topological polar surface area (TPSA) is 78.9 Å². The van der Waals surface area contributed by atoms with Crippen LogP contribution in [0.25, 0.3) is 0 Å². The highest BCUT2D eigenvalue weighted by atomic mass is 32.2. The lowest BCUT2D eigenvalue weighted by molar-refractivity contribution is -0.136. The van der Waals surface area contributed by atoms with Crippen LogP contribution in [0.5, 0.6) is 0 Å². The molecule has 178 valence electrons. The van der Waals surface area contributed by atoms with E-state index < -0.39 is 29.8 Å². The molecule has 32 heavy (non-hydrogen) atoms. The Morgan fingerprint density at radius 2 is 1.88 bits per heavy atom. The summed E-state index contributed by atoms with van der Waals surface area (Å²) in [4.78, 5) is 27.4. The average Bonchev–Trinajstić information content (AvgIpc) is 3.04. The first-order valence-corrected chi connectivity index (χ1v) is 12.5. The number of alkyl carbamates (subject to hydrolysis) is 1. The van der Waals surface area contributed by atoms with E-state index >= 15 is 0 Å². The third-order valence-corrected chi connectivity index (χ3v) is 6.80. The number of carbonyl (C=O) groups excluding carboxylic acids is 2. The van der Waals surface area contributed by atoms with Crippen molar-refractivity contribution in [2.45, 2.75) is 78.2 Å². The number of nitrogens with one attached hydrogen (secondary N) is 1. The molecule has 1 aromatic rings. The molecule has 2 amide bonds. The molecule has 2 N–H and O–H groups in total. The summed E-state index contributed by atoms with van der Waals surface area (Å²) in [6.07, 6.45) is -0.446. The van der Waals surface area contributed by atoms with Crippen molar-refractivity contribution >= 4 is 40.3 Å². The van der Waals surface area contributed by atoms with Gasteiger partial charge in [0.05, 0.1) is 24.1 Å². The Morgan fingerprint density at radius 1 is 1.25 bits per heavy atom. The number of nitrogens with zero attached hydrogens (tertiary/aromatic N) is 1. The van der Waals surface area contributed by atoms with Crippen molar-refractivity contribution < 1.29 is 19.4 Å². The van der Waals surface area contributed by atoms with Crippen molar-refractivity contribution in [3.05, 3.63) is 35.9 Å². The van der Waals surface area contributed by atoms with Crippen LogP contribution < -0.4 is 5.32 Å². The van der Waals surface area contributed by atoms with Crippen LogP contribution >= 0.6 is 24.0 Å². The van der Waals surface area contributed by atoms with Gasteiger partial charge in [0.15, 0.2) is 0 Å². The lowest BCUT2D eigenvalue weighted by Gasteiger charge is -2.33. The Morgan fingerprint density at radius 3 is 2.44 bits per heavy atom. The molecular weight excluding hydrogens is 444 g/mol. The quantitative estimate of drug-likeness (QED) is 0.537. The molecule has 1 aromatic carbocycles. The molecule has 0 saturated carbocycles. The molecule has 1 aliphatic heterocycles. The van der Waals surface area contributed by atoms with Crippen molar-refractivity contribution in [1.29, 1.82) is 0 Å². The fourth-order valence-corrected chi connectivity index (χ4v) is 5.15. The van der Waals surface area contributed by atoms with Gasteiger partial charge in [-0.15, -0.1) is 0 Å². The predicted molar refractivity (Wildman–Crippen MR) is 134 cm³/mol. The lowest BCUT2D eigenvalue weighted by Crippen LogP contribution is -2.53. The van der Waals surface area contributed by atoms with E-state index in [9.17, 15) is 14.7 Å². The molecule has 6 nitrogen and oxygen atoms in total. The number of thiocarbonyl (C=S) groups is 1. The summed E-state index contributed by atoms with van der Waals surface area (Å²) in [6.45, 7) is 11.1. The van der Waals surface area contributed by atoms with Crippen LogP contribution in [-0.2, 0) is 16.0 Å². The van der Waals surface area contributed by atoms with Crippen molar-refractivity contribution in [2.24, 2.45) is 11.8 Å². The summed E-state index contributed by atoms with van der Waals surface area (Å²) < 4.78 is 5.90. The van der Waals surface area contributed by atoms with Gasteiger partial charge in [0.2, 0.25) is 5.91 Å². The van der Waals surface area contributed by atoms with E-state index in [2.05, 4.69) is 5.32 Å². The Bertz CT molecular complexity index is 795. The zero-order chi connectivity index (χ0) is 24.1. The van der Waals surface area contributed by atoms with Crippen molar-refractivity contribution in [2.75, 3.05) is 5.75 Å². The predicted octanol–water partition coefficient (Wildman–Crippen LogP) is 4.39. The van der Waals surface area contributed by atoms with E-state index in [-0.39, 0.29) is 17.9 Å². The maximum absolute atomic E-state index is 13.4. The normalized spacial score (nSPS) is 19.6. The smallest absolute Gasteiger partial charge is 0.407 e. The number of hydrogen-bond acceptors (Lipinski definition) is 6. The second-order valence-corrected chi connectivity index (χ2v) is 11.4. The highest BCUT2D eigenvalue weighted by Crippen LogP contribution is 2.30. The summed E-state index contributed by atoms with van der Waals surface area (Å²) in [5.74, 6) is -0.00801. The zero-order valence-corrected chi connectivity index (χ0v) is 21.5. The van der Waals surface area contributed by atoms with E-state index in [0.717, 1.165) is 11.3 Å². The largest absolute Gasteiger partial charge is 0.444 e. The summed E-state index contributed by atoms with van der Waals surface area (Å²) in [7, 11) is 0. The van der Waals surface area contributed by atoms with Crippen molar-refractivity contribution in [3.8, 4) is 0 Å². The minimum atomic E-state index is -1.07. The minimum Gasteiger partial charge on any atom is -0.444 e. The highest BCUT2D eigenvalue weighted by molar-refractivity contribution is 8.23. The second kappa shape index (κ2) is 11.5. The van der Waals surface area contributed by atoms with Crippen molar-refractivity contribution in [1.82, 2.24) is 10.2 Å². The Kier molecular flexibility index (Phi) is 9.54. The molecule has 0 spiro atoms. The van der Waals surface area contributed by atoms with E-state index in [1.807, 2.05) is 44.2 Å². The van der Waals surface area contributed by atoms with Gasteiger partial charge in [-0.3, -0.25) is 9.69 Å². The third kappa shape index (κ3) is 7.74. The Hall–Kier alpha value is -1.64. The number of thioether (sulfide) groups is 1. The first-order chi connectivity index (χ1) is 14.9. The van der Waals surface area contributed by atoms with E-state index in [0.29, 0.717) is 17.2 Å². The number of amides is 2. The molecule has 0 aliphatic carbocycles. The molecule has 1 heterocycles. The molecule has 2 rings (SSSR count). The molecule has 1 aliphatic rings. The zero-order valence-electron chi connectivity index (χ0n) is 19.8. The molecule has 0 radical (unpaired) electrons. The molecule has 0 aromatic heterocycles. The van der Waals surface area contributed by atoms with Gasteiger partial charge in [-0.2, -0.15) is 0 Å². The fourth-order valence-electron chi connectivity index (χ4n) is 3.73. The third-order valence-electron chi connectivity index (χ3n) is 5.25. The summed E-state index contributed by atoms with van der Waals surface area (Å²) in [5, 5.41) is 13.9. The molecule has 0 bridgehead atoms. The summed E-state index contributed by atoms with van der Waals surface area (Å²) >= 11 is 6.97. The van der Waals surface area contributed by atoms with Crippen LogP contribution in [0.15, 0.2) is 30.3 Å². The van der Waals surface area contributed by atoms with Gasteiger partial charge in [-0.1, -0.05) is 75.1 Å². The molecule has 0 unspecified atom stereocenters. The van der Waals surface area contributed by atoms with Crippen LogP contribution in [0.1, 0.15) is 53.5 Å². The van der Waals surface area contributed by atoms with Crippen LogP contribution in [0.4, 0.5) is 4.79 Å². The van der Waals surface area contributed by atoms with Gasteiger partial charge in [0.1, 0.15) is 9.92 Å². The van der Waals surface area contributed by atoms with E-state index in [1.54, 1.807) is 32.6 Å². The minimum absolute atomic E-state index is 0.0561. The maximum Gasteiger partial charge on any atom is 0.407 e. The van der Waals surface area contributed by atoms with Crippen LogP contribution in [0, 0.1) is 11.8 Å². The second-order valence-electron chi connectivity index (χ2n) is 9.79. The van der Waals surface area contributed by atoms with Gasteiger partial charge in [-0.25, -0.2) is 4.79 Å². The van der Waals surface area contributed by atoms with Gasteiger partial charge < -0.3 is 15.2 Å². The molecular formula is C24H36N2O4S2. The van der Waals surface area contributed by atoms with E-state index in [1.165, 1.54) is 11.8 Å². The first kappa shape index (κ1) is 26.6. The molecule has 1 saturated heterocycles. The summed E-state index contributed by atoms with van der Waals surface area (Å²) in [6, 6.07) is 9.33. The number of aliphatic hydroxyl groups excluding tert-OH is 1. The van der Waals surface area contributed by atoms with Crippen LogP contribution in [0.2, 0.25) is 0 Å². The standard InChI is InChI=1S/C24H36N2O4S2/c1-15(2)12-19(25-22(29)30-24(4,5)6)20(27)16(3)21(28)26-18(14-32-23(26)31)13-17-10-8-7-9-11-17/h7-11,15-16,18-20,27H,12-14H2,1-6H3,(H,25,29)/t16-,18+,19+,20-/m1/s1. The average molecular weight is 481 g/mol. The number of hydrogen-bond donors (Lipinski definition) is 2. The summed E-state index contributed by atoms with van der Waals surface area (Å²) in [5.41, 5.74) is 0.487. The fraction of sp³-hybridized carbons (Fsp3) is 0.625. The van der Waals surface area contributed by atoms with Gasteiger partial charge in [0.25, 0.3) is 0 Å². The van der Waals surface area contributed by atoms with Gasteiger partial charge >= 0.3 is 6.09 Å². The molecule has 8 heteroatoms. The van der Waals surface area contributed by atoms with E-state index in [4.69, 9.17) is 17.0 Å². The maximum atomic E-state index is 13.4. The number of rotatable bonds is 8. The Balaban J connectivity index is 2.13. The monoisotopic (exact) mass is 480 g/mol. The van der Waals surface area contributed by atoms with Gasteiger partial charge in [-0.05, 0) is 45.1 Å². The lowest BCUT2D eigenvalue weighted by atomic mass is 9.90. The molecule has 1 fully saturated rings.